The molecule has 1 N–H and O–H groups in total. The Morgan fingerprint density at radius 3 is 2.62 bits per heavy atom. The zero-order valence-corrected chi connectivity index (χ0v) is 16.2. The van der Waals surface area contributed by atoms with Gasteiger partial charge in [-0.1, -0.05) is 6.07 Å². The number of carbonyl (C=O) groups is 1. The number of halogens is 1. The van der Waals surface area contributed by atoms with Crippen molar-refractivity contribution in [3.63, 3.8) is 0 Å². The largest absolute Gasteiger partial charge is 0.468 e. The minimum atomic E-state index is -0.493. The second kappa shape index (κ2) is 8.59. The lowest BCUT2D eigenvalue weighted by molar-refractivity contribution is 0.102. The molecule has 29 heavy (non-hydrogen) atoms. The number of benzene rings is 1. The molecule has 1 aliphatic heterocycles. The Morgan fingerprint density at radius 2 is 1.90 bits per heavy atom. The van der Waals surface area contributed by atoms with Crippen molar-refractivity contribution in [2.24, 2.45) is 0 Å². The van der Waals surface area contributed by atoms with Crippen LogP contribution in [-0.4, -0.2) is 46.9 Å². The van der Waals surface area contributed by atoms with Gasteiger partial charge in [-0.15, -0.1) is 0 Å². The van der Waals surface area contributed by atoms with Gasteiger partial charge in [0.1, 0.15) is 17.8 Å². The van der Waals surface area contributed by atoms with Gasteiger partial charge in [0.2, 0.25) is 5.89 Å². The second-order valence-corrected chi connectivity index (χ2v) is 7.20. The molecule has 0 bridgehead atoms. The summed E-state index contributed by atoms with van der Waals surface area (Å²) in [6, 6.07) is 8.43. The molecule has 152 valence electrons. The van der Waals surface area contributed by atoms with Crippen molar-refractivity contribution in [3.8, 4) is 0 Å². The van der Waals surface area contributed by atoms with Crippen LogP contribution in [0.1, 0.15) is 27.7 Å². The third kappa shape index (κ3) is 4.90. The SMILES string of the molecule is Cc1ccc(F)c(NC(=O)c2coc(CN3CCN(Cc4ccco4)CC3)n2)c1. The highest BCUT2D eigenvalue weighted by Gasteiger charge is 2.21. The van der Waals surface area contributed by atoms with E-state index in [4.69, 9.17) is 8.83 Å². The maximum Gasteiger partial charge on any atom is 0.277 e. The quantitative estimate of drug-likeness (QED) is 0.687. The molecule has 1 fully saturated rings. The number of amides is 1. The van der Waals surface area contributed by atoms with Gasteiger partial charge in [0.15, 0.2) is 5.69 Å². The summed E-state index contributed by atoms with van der Waals surface area (Å²) in [7, 11) is 0. The Balaban J connectivity index is 1.29. The molecule has 0 radical (unpaired) electrons. The van der Waals surface area contributed by atoms with E-state index in [1.54, 1.807) is 18.4 Å². The Labute approximate surface area is 168 Å². The maximum absolute atomic E-state index is 13.8. The van der Waals surface area contributed by atoms with E-state index >= 15 is 0 Å². The highest BCUT2D eigenvalue weighted by atomic mass is 19.1. The molecule has 0 aliphatic carbocycles. The van der Waals surface area contributed by atoms with Crippen molar-refractivity contribution in [2.45, 2.75) is 20.0 Å². The molecule has 3 heterocycles. The number of nitrogens with zero attached hydrogens (tertiary/aromatic N) is 3. The molecule has 0 unspecified atom stereocenters. The Hall–Kier alpha value is -2.97. The monoisotopic (exact) mass is 398 g/mol. The van der Waals surface area contributed by atoms with Crippen molar-refractivity contribution < 1.29 is 18.0 Å². The fraction of sp³-hybridized carbons (Fsp3) is 0.333. The van der Waals surface area contributed by atoms with Crippen LogP contribution in [0.2, 0.25) is 0 Å². The number of carbonyl (C=O) groups excluding carboxylic acids is 1. The smallest absolute Gasteiger partial charge is 0.277 e. The molecule has 3 aromatic rings. The summed E-state index contributed by atoms with van der Waals surface area (Å²) in [5, 5.41) is 2.55. The highest BCUT2D eigenvalue weighted by molar-refractivity contribution is 6.02. The molecular weight excluding hydrogens is 375 g/mol. The highest BCUT2D eigenvalue weighted by Crippen LogP contribution is 2.17. The maximum atomic E-state index is 13.8. The van der Waals surface area contributed by atoms with Crippen LogP contribution < -0.4 is 5.32 Å². The minimum absolute atomic E-state index is 0.132. The number of furan rings is 1. The lowest BCUT2D eigenvalue weighted by Crippen LogP contribution is -2.45. The summed E-state index contributed by atoms with van der Waals surface area (Å²) in [6.07, 6.45) is 3.00. The van der Waals surface area contributed by atoms with Crippen LogP contribution in [0.15, 0.2) is 51.7 Å². The number of oxazole rings is 1. The molecule has 0 saturated carbocycles. The molecule has 2 aromatic heterocycles. The summed E-state index contributed by atoms with van der Waals surface area (Å²) < 4.78 is 24.7. The number of rotatable bonds is 6. The first kappa shape index (κ1) is 19.4. The van der Waals surface area contributed by atoms with Crippen molar-refractivity contribution in [1.82, 2.24) is 14.8 Å². The van der Waals surface area contributed by atoms with Gasteiger partial charge in [0, 0.05) is 26.2 Å². The van der Waals surface area contributed by atoms with Gasteiger partial charge in [0.25, 0.3) is 5.91 Å². The molecule has 0 atom stereocenters. The first-order chi connectivity index (χ1) is 14.1. The first-order valence-corrected chi connectivity index (χ1v) is 9.56. The fourth-order valence-electron chi connectivity index (χ4n) is 3.33. The molecule has 1 aromatic carbocycles. The summed E-state index contributed by atoms with van der Waals surface area (Å²) in [5.41, 5.74) is 1.12. The lowest BCUT2D eigenvalue weighted by Gasteiger charge is -2.33. The van der Waals surface area contributed by atoms with Crippen LogP contribution in [-0.2, 0) is 13.1 Å². The Morgan fingerprint density at radius 1 is 1.14 bits per heavy atom. The third-order valence-corrected chi connectivity index (χ3v) is 4.94. The van der Waals surface area contributed by atoms with Crippen LogP contribution in [0.25, 0.3) is 0 Å². The van der Waals surface area contributed by atoms with Crippen molar-refractivity contribution in [2.75, 3.05) is 31.5 Å². The molecule has 0 spiro atoms. The minimum Gasteiger partial charge on any atom is -0.468 e. The standard InChI is InChI=1S/C21H23FN4O3/c1-15-4-5-17(22)18(11-15)24-21(27)19-14-29-20(23-19)13-26-8-6-25(7-9-26)12-16-3-2-10-28-16/h2-5,10-11,14H,6-9,12-13H2,1H3,(H,24,27). The van der Waals surface area contributed by atoms with Gasteiger partial charge >= 0.3 is 0 Å². The number of piperazine rings is 1. The first-order valence-electron chi connectivity index (χ1n) is 9.56. The fourth-order valence-corrected chi connectivity index (χ4v) is 3.33. The van der Waals surface area contributed by atoms with Crippen molar-refractivity contribution in [1.29, 1.82) is 0 Å². The van der Waals surface area contributed by atoms with E-state index < -0.39 is 11.7 Å². The summed E-state index contributed by atoms with van der Waals surface area (Å²) in [4.78, 5) is 21.2. The third-order valence-electron chi connectivity index (χ3n) is 4.94. The number of hydrogen-bond acceptors (Lipinski definition) is 6. The van der Waals surface area contributed by atoms with Crippen LogP contribution in [0.4, 0.5) is 10.1 Å². The molecule has 8 heteroatoms. The number of nitrogens with one attached hydrogen (secondary N) is 1. The second-order valence-electron chi connectivity index (χ2n) is 7.20. The van der Waals surface area contributed by atoms with Crippen LogP contribution in [0, 0.1) is 12.7 Å². The summed E-state index contributed by atoms with van der Waals surface area (Å²) in [6.45, 7) is 6.75. The topological polar surface area (TPSA) is 74.8 Å². The summed E-state index contributed by atoms with van der Waals surface area (Å²) >= 11 is 0. The normalized spacial score (nSPS) is 15.5. The van der Waals surface area contributed by atoms with E-state index in [1.807, 2.05) is 19.1 Å². The predicted molar refractivity (Wildman–Crippen MR) is 105 cm³/mol. The molecule has 4 rings (SSSR count). The Kier molecular flexibility index (Phi) is 5.73. The van der Waals surface area contributed by atoms with Gasteiger partial charge < -0.3 is 14.2 Å². The lowest BCUT2D eigenvalue weighted by atomic mass is 10.2. The average molecular weight is 398 g/mol. The molecular formula is C21H23FN4O3. The zero-order chi connectivity index (χ0) is 20.2. The van der Waals surface area contributed by atoms with E-state index in [0.717, 1.165) is 44.0 Å². The van der Waals surface area contributed by atoms with Gasteiger partial charge in [-0.3, -0.25) is 14.6 Å². The van der Waals surface area contributed by atoms with Crippen molar-refractivity contribution in [3.05, 3.63) is 71.6 Å². The van der Waals surface area contributed by atoms with E-state index in [9.17, 15) is 9.18 Å². The van der Waals surface area contributed by atoms with Crippen LogP contribution >= 0.6 is 0 Å². The van der Waals surface area contributed by atoms with Crippen LogP contribution in [0.5, 0.6) is 0 Å². The number of anilines is 1. The average Bonchev–Trinajstić information content (AvgIpc) is 3.38. The molecule has 1 aliphatic rings. The van der Waals surface area contributed by atoms with Gasteiger partial charge in [-0.25, -0.2) is 9.37 Å². The van der Waals surface area contributed by atoms with E-state index in [0.29, 0.717) is 12.4 Å². The predicted octanol–water partition coefficient (Wildman–Crippen LogP) is 3.29. The van der Waals surface area contributed by atoms with E-state index in [-0.39, 0.29) is 11.4 Å². The van der Waals surface area contributed by atoms with Crippen molar-refractivity contribution >= 4 is 11.6 Å². The summed E-state index contributed by atoms with van der Waals surface area (Å²) in [5.74, 6) is 0.457. The van der Waals surface area contributed by atoms with Gasteiger partial charge in [0.05, 0.1) is 25.0 Å². The van der Waals surface area contributed by atoms with Gasteiger partial charge in [-0.05, 0) is 36.8 Å². The number of aryl methyl sites for hydroxylation is 1. The Bertz CT molecular complexity index is 962. The zero-order valence-electron chi connectivity index (χ0n) is 16.2. The molecule has 7 nitrogen and oxygen atoms in total. The molecule has 1 amide bonds. The van der Waals surface area contributed by atoms with Gasteiger partial charge in [-0.2, -0.15) is 0 Å². The van der Waals surface area contributed by atoms with Crippen LogP contribution in [0.3, 0.4) is 0 Å². The van der Waals surface area contributed by atoms with E-state index in [2.05, 4.69) is 20.1 Å². The number of aromatic nitrogens is 1. The van der Waals surface area contributed by atoms with E-state index in [1.165, 1.54) is 12.3 Å². The molecule has 1 saturated heterocycles. The number of hydrogen-bond donors (Lipinski definition) is 1.